The summed E-state index contributed by atoms with van der Waals surface area (Å²) in [7, 11) is 0. The summed E-state index contributed by atoms with van der Waals surface area (Å²) in [6.07, 6.45) is 6.42. The van der Waals surface area contributed by atoms with Crippen LogP contribution in [0.3, 0.4) is 0 Å². The van der Waals surface area contributed by atoms with Crippen LogP contribution in [0.15, 0.2) is 175 Å². The topological polar surface area (TPSA) is 85.8 Å². The third-order valence-corrected chi connectivity index (χ3v) is 9.59. The third-order valence-electron chi connectivity index (χ3n) is 9.59. The Morgan fingerprint density at radius 3 is 1.88 bits per heavy atom. The number of H-pyrrole nitrogens is 3. The Balaban J connectivity index is 1.41. The number of nitrogens with zero attached hydrogens (tertiary/aromatic N) is 1. The number of aromatic nitrogens is 3. The van der Waals surface area contributed by atoms with Crippen LogP contribution in [-0.2, 0) is 5.41 Å². The number of benzene rings is 4. The van der Waals surface area contributed by atoms with Crippen LogP contribution < -0.4 is 16.4 Å². The highest BCUT2D eigenvalue weighted by Gasteiger charge is 2.41. The van der Waals surface area contributed by atoms with E-state index in [0.29, 0.717) is 0 Å². The second-order valence-electron chi connectivity index (χ2n) is 12.5. The van der Waals surface area contributed by atoms with E-state index in [2.05, 4.69) is 167 Å². The Hall–Kier alpha value is -6.59. The molecule has 0 spiro atoms. The molecular weight excluding hydrogens is 599 g/mol. The first-order valence-corrected chi connectivity index (χ1v) is 16.5. The fraction of sp³-hybridized carbons (Fsp3) is 0.0227. The van der Waals surface area contributed by atoms with Gasteiger partial charge in [-0.1, -0.05) is 103 Å². The minimum absolute atomic E-state index is 0.710. The van der Waals surface area contributed by atoms with Crippen molar-refractivity contribution in [2.45, 2.75) is 5.41 Å². The van der Waals surface area contributed by atoms with Crippen LogP contribution in [0.4, 0.5) is 5.69 Å². The normalized spacial score (nSPS) is 19.0. The van der Waals surface area contributed by atoms with E-state index in [1.807, 2.05) is 18.2 Å². The quantitative estimate of drug-likeness (QED) is 0.150. The van der Waals surface area contributed by atoms with Crippen molar-refractivity contribution >= 4 is 28.6 Å². The predicted molar refractivity (Wildman–Crippen MR) is 199 cm³/mol. The standard InChI is InChI=1S/C44H33N5/c45-33-18-16-32(17-19-33)44(31-14-8-3-9-15-31)40-26-21-35(47-40)28-34-20-22-36(46-34)42(29-10-4-1-5-11-29)37-23-24-38(48-37)43(30-12-6-2-7-13-30)39-25-27-41(44)49-39/h1-28,46-47,49H,45H2/b34-28-,42-36?,43-38-. The highest BCUT2D eigenvalue weighted by Crippen LogP contribution is 2.45. The smallest absolute Gasteiger partial charge is 0.100 e. The Morgan fingerprint density at radius 1 is 0.510 bits per heavy atom. The molecule has 49 heavy (non-hydrogen) atoms. The molecule has 5 N–H and O–H groups in total. The van der Waals surface area contributed by atoms with E-state index in [9.17, 15) is 0 Å². The van der Waals surface area contributed by atoms with E-state index in [-0.39, 0.29) is 0 Å². The van der Waals surface area contributed by atoms with Gasteiger partial charge in [-0.25, -0.2) is 4.99 Å². The highest BCUT2D eigenvalue weighted by molar-refractivity contribution is 6.30. The third kappa shape index (κ3) is 4.83. The van der Waals surface area contributed by atoms with Crippen molar-refractivity contribution in [3.63, 3.8) is 0 Å². The summed E-state index contributed by atoms with van der Waals surface area (Å²) in [6, 6.07) is 52.9. The van der Waals surface area contributed by atoms with Crippen LogP contribution in [0.2, 0.25) is 0 Å². The molecule has 0 saturated heterocycles. The number of nitrogens with one attached hydrogen (secondary N) is 3. The molecule has 5 nitrogen and oxygen atoms in total. The van der Waals surface area contributed by atoms with Crippen LogP contribution >= 0.6 is 0 Å². The lowest BCUT2D eigenvalue weighted by Gasteiger charge is -2.34. The van der Waals surface area contributed by atoms with Crippen LogP contribution in [0.5, 0.6) is 0 Å². The molecule has 2 aliphatic rings. The van der Waals surface area contributed by atoms with E-state index in [1.165, 1.54) is 0 Å². The lowest BCUT2D eigenvalue weighted by molar-refractivity contribution is 0.697. The lowest BCUT2D eigenvalue weighted by atomic mass is 9.69. The van der Waals surface area contributed by atoms with Crippen molar-refractivity contribution in [3.05, 3.63) is 225 Å². The molecule has 0 aliphatic carbocycles. The average Bonchev–Trinajstić information content (AvgIpc) is 3.98. The maximum Gasteiger partial charge on any atom is 0.100 e. The minimum atomic E-state index is -0.710. The minimum Gasteiger partial charge on any atom is -0.399 e. The zero-order valence-electron chi connectivity index (χ0n) is 26.7. The van der Waals surface area contributed by atoms with Gasteiger partial charge in [0.1, 0.15) is 5.41 Å². The van der Waals surface area contributed by atoms with Crippen LogP contribution in [0.25, 0.3) is 17.2 Å². The molecule has 0 saturated carbocycles. The number of anilines is 1. The van der Waals surface area contributed by atoms with Crippen molar-refractivity contribution < 1.29 is 0 Å². The summed E-state index contributed by atoms with van der Waals surface area (Å²) in [5.41, 5.74) is 18.6. The number of hydrogen-bond donors (Lipinski definition) is 4. The van der Waals surface area contributed by atoms with Gasteiger partial charge in [0.2, 0.25) is 0 Å². The molecule has 234 valence electrons. The summed E-state index contributed by atoms with van der Waals surface area (Å²) in [4.78, 5) is 16.8. The van der Waals surface area contributed by atoms with E-state index in [4.69, 9.17) is 10.7 Å². The molecule has 5 heterocycles. The van der Waals surface area contributed by atoms with Gasteiger partial charge in [0.15, 0.2) is 0 Å². The van der Waals surface area contributed by atoms with Gasteiger partial charge in [0.05, 0.1) is 11.4 Å². The van der Waals surface area contributed by atoms with Gasteiger partial charge in [0.25, 0.3) is 0 Å². The van der Waals surface area contributed by atoms with E-state index in [1.54, 1.807) is 0 Å². The molecule has 0 radical (unpaired) electrons. The number of aromatic amines is 3. The summed E-state index contributed by atoms with van der Waals surface area (Å²) in [5.74, 6) is 0. The summed E-state index contributed by atoms with van der Waals surface area (Å²) in [5, 5.41) is 2.00. The fourth-order valence-electron chi connectivity index (χ4n) is 7.37. The van der Waals surface area contributed by atoms with Crippen molar-refractivity contribution in [3.8, 4) is 0 Å². The molecule has 0 amide bonds. The predicted octanol–water partition coefficient (Wildman–Crippen LogP) is 7.45. The number of fused-ring (bicyclic) bond motifs is 7. The average molecular weight is 632 g/mol. The molecule has 4 aromatic carbocycles. The monoisotopic (exact) mass is 631 g/mol. The number of allylic oxidation sites excluding steroid dienone is 2. The second kappa shape index (κ2) is 11.6. The molecular formula is C44H33N5. The first-order valence-electron chi connectivity index (χ1n) is 16.5. The van der Waals surface area contributed by atoms with Gasteiger partial charge in [-0.2, -0.15) is 0 Å². The van der Waals surface area contributed by atoms with Gasteiger partial charge in [-0.05, 0) is 89.0 Å². The molecule has 1 unspecified atom stereocenters. The van der Waals surface area contributed by atoms with Crippen molar-refractivity contribution in [2.24, 2.45) is 4.99 Å². The molecule has 3 aromatic heterocycles. The number of aliphatic imine (C=N–C) groups is 1. The fourth-order valence-corrected chi connectivity index (χ4v) is 7.37. The summed E-state index contributed by atoms with van der Waals surface area (Å²) in [6.45, 7) is 0. The van der Waals surface area contributed by atoms with E-state index in [0.717, 1.165) is 84.0 Å². The Labute approximate surface area is 284 Å². The zero-order valence-corrected chi connectivity index (χ0v) is 26.7. The highest BCUT2D eigenvalue weighted by atomic mass is 14.8. The van der Waals surface area contributed by atoms with Crippen LogP contribution in [0, 0.1) is 0 Å². The van der Waals surface area contributed by atoms with Crippen LogP contribution in [-0.4, -0.2) is 20.7 Å². The van der Waals surface area contributed by atoms with Gasteiger partial charge in [-0.15, -0.1) is 0 Å². The Kier molecular flexibility index (Phi) is 6.76. The maximum absolute atomic E-state index is 6.26. The van der Waals surface area contributed by atoms with Crippen LogP contribution in [0.1, 0.15) is 45.0 Å². The number of hydrogen-bond acceptors (Lipinski definition) is 2. The largest absolute Gasteiger partial charge is 0.399 e. The van der Waals surface area contributed by atoms with Crippen molar-refractivity contribution in [1.82, 2.24) is 15.0 Å². The maximum atomic E-state index is 6.26. The number of rotatable bonds is 4. The van der Waals surface area contributed by atoms with Crippen molar-refractivity contribution in [2.75, 3.05) is 5.73 Å². The molecule has 1 atom stereocenters. The molecule has 5 heteroatoms. The first kappa shape index (κ1) is 28.6. The van der Waals surface area contributed by atoms with Gasteiger partial charge in [0, 0.05) is 50.3 Å². The Morgan fingerprint density at radius 2 is 1.14 bits per heavy atom. The zero-order chi connectivity index (χ0) is 32.8. The first-order chi connectivity index (χ1) is 24.2. The molecule has 7 aromatic rings. The second-order valence-corrected chi connectivity index (χ2v) is 12.5. The Bertz CT molecular complexity index is 2530. The van der Waals surface area contributed by atoms with Gasteiger partial charge >= 0.3 is 0 Å². The molecule has 8 bridgehead atoms. The van der Waals surface area contributed by atoms with E-state index < -0.39 is 5.41 Å². The number of nitrogens with two attached hydrogens (primary N) is 1. The van der Waals surface area contributed by atoms with Gasteiger partial charge < -0.3 is 20.7 Å². The van der Waals surface area contributed by atoms with E-state index >= 15 is 0 Å². The summed E-state index contributed by atoms with van der Waals surface area (Å²) >= 11 is 0. The molecule has 9 rings (SSSR count). The molecule has 2 aliphatic heterocycles. The SMILES string of the molecule is Nc1ccc(C2(c3ccccc3)c3ccc([nH]3)/C=c3/ccc([nH]3)=C(c3ccccc3)C3=N/C(=C(/c4ccccc4)c4ccc2[nH]4)C=C3)cc1. The van der Waals surface area contributed by atoms with Crippen molar-refractivity contribution in [1.29, 1.82) is 0 Å². The number of nitrogen functional groups attached to an aromatic ring is 1. The molecule has 0 fully saturated rings. The summed E-state index contributed by atoms with van der Waals surface area (Å²) < 4.78 is 0. The lowest BCUT2D eigenvalue weighted by Crippen LogP contribution is -2.32. The van der Waals surface area contributed by atoms with Gasteiger partial charge in [-0.3, -0.25) is 0 Å².